The normalized spacial score (nSPS) is 32.2. The highest BCUT2D eigenvalue weighted by molar-refractivity contribution is 8.09. The van der Waals surface area contributed by atoms with E-state index in [4.69, 9.17) is 0 Å². The van der Waals surface area contributed by atoms with Gasteiger partial charge in [-0.1, -0.05) is 36.4 Å². The molecule has 0 amide bonds. The molecule has 0 aliphatic heterocycles. The van der Waals surface area contributed by atoms with Crippen molar-refractivity contribution < 1.29 is 43.2 Å². The maximum absolute atomic E-state index is 15.5. The Hall–Kier alpha value is -1.82. The Bertz CT molecular complexity index is 1390. The van der Waals surface area contributed by atoms with Crippen molar-refractivity contribution in [2.45, 2.75) is 65.0 Å². The van der Waals surface area contributed by atoms with E-state index in [0.29, 0.717) is 11.8 Å². The van der Waals surface area contributed by atoms with Crippen molar-refractivity contribution in [1.82, 2.24) is 0 Å². The molecule has 3 atom stereocenters. The van der Waals surface area contributed by atoms with Gasteiger partial charge in [0.25, 0.3) is 0 Å². The van der Waals surface area contributed by atoms with Gasteiger partial charge >= 0.3 is 11.4 Å². The lowest BCUT2D eigenvalue weighted by Crippen LogP contribution is -2.62. The van der Waals surface area contributed by atoms with Gasteiger partial charge in [-0.15, -0.1) is 0 Å². The van der Waals surface area contributed by atoms with Gasteiger partial charge in [-0.2, -0.15) is 22.0 Å². The summed E-state index contributed by atoms with van der Waals surface area (Å²) in [5, 5.41) is -5.56. The van der Waals surface area contributed by atoms with E-state index in [0.717, 1.165) is 12.1 Å². The molecule has 4 saturated carbocycles. The number of sulfone groups is 2. The van der Waals surface area contributed by atoms with Crippen LogP contribution in [0.25, 0.3) is 10.8 Å². The Morgan fingerprint density at radius 3 is 1.94 bits per heavy atom. The third-order valence-electron chi connectivity index (χ3n) is 7.84. The van der Waals surface area contributed by atoms with Crippen LogP contribution in [0.3, 0.4) is 0 Å². The van der Waals surface area contributed by atoms with Crippen LogP contribution >= 0.6 is 0 Å². The number of alkyl halides is 6. The van der Waals surface area contributed by atoms with Crippen molar-refractivity contribution in [3.05, 3.63) is 48.0 Å². The van der Waals surface area contributed by atoms with E-state index < -0.39 is 69.9 Å². The summed E-state index contributed by atoms with van der Waals surface area (Å²) in [6.07, 6.45) is -6.79. The van der Waals surface area contributed by atoms with Gasteiger partial charge in [-0.25, -0.2) is 21.2 Å². The zero-order valence-corrected chi connectivity index (χ0v) is 19.9. The SMILES string of the molecule is O=S(=O)(C(c1ccc2ccccc2c1)S(=O)(=O)C(F)(F)C(F)(F)F)C12CC3CC(CC(F)(C3)C1)C2. The predicted molar refractivity (Wildman–Crippen MR) is 117 cm³/mol. The molecule has 0 spiro atoms. The number of hydrogen-bond donors (Lipinski definition) is 0. The monoisotopic (exact) mass is 540 g/mol. The van der Waals surface area contributed by atoms with Crippen LogP contribution in [0.2, 0.25) is 0 Å². The van der Waals surface area contributed by atoms with Gasteiger partial charge in [0.15, 0.2) is 14.4 Å². The molecule has 4 nitrogen and oxygen atoms in total. The minimum Gasteiger partial charge on any atom is -0.244 e. The summed E-state index contributed by atoms with van der Waals surface area (Å²) in [6.45, 7) is 0. The number of rotatable bonds is 5. The standard InChI is InChI=1S/C23H22F6O4S2/c24-20-9-14-7-15(10-20)12-21(11-14,13-20)34(30,31)19(35(32,33)23(28,29)22(25,26)27)18-6-5-16-3-1-2-4-17(16)8-18/h1-6,8,14-15,19H,7,9-13H2. The molecule has 4 fully saturated rings. The summed E-state index contributed by atoms with van der Waals surface area (Å²) < 4.78 is 133. The van der Waals surface area contributed by atoms with Gasteiger partial charge in [0.2, 0.25) is 9.84 Å². The van der Waals surface area contributed by atoms with Gasteiger partial charge in [-0.05, 0) is 66.3 Å². The minimum atomic E-state index is -6.72. The Morgan fingerprint density at radius 2 is 1.40 bits per heavy atom. The lowest BCUT2D eigenvalue weighted by atomic mass is 9.54. The molecular weight excluding hydrogens is 518 g/mol. The van der Waals surface area contributed by atoms with E-state index in [1.807, 2.05) is 0 Å². The zero-order valence-electron chi connectivity index (χ0n) is 18.2. The van der Waals surface area contributed by atoms with Crippen LogP contribution in [-0.2, 0) is 19.7 Å². The zero-order chi connectivity index (χ0) is 25.7. The molecule has 4 bridgehead atoms. The Morgan fingerprint density at radius 1 is 0.829 bits per heavy atom. The molecule has 0 saturated heterocycles. The van der Waals surface area contributed by atoms with Crippen molar-refractivity contribution >= 4 is 30.4 Å². The maximum Gasteiger partial charge on any atom is 0.469 e. The first kappa shape index (κ1) is 24.9. The first-order valence-electron chi connectivity index (χ1n) is 11.1. The summed E-state index contributed by atoms with van der Waals surface area (Å²) >= 11 is 0. The second kappa shape index (κ2) is 7.36. The van der Waals surface area contributed by atoms with Crippen LogP contribution in [0.4, 0.5) is 26.3 Å². The van der Waals surface area contributed by atoms with Crippen molar-refractivity contribution in [1.29, 1.82) is 0 Å². The maximum atomic E-state index is 15.5. The van der Waals surface area contributed by atoms with E-state index in [1.54, 1.807) is 12.1 Å². The molecule has 4 aliphatic carbocycles. The number of fused-ring (bicyclic) bond motifs is 1. The van der Waals surface area contributed by atoms with E-state index in [1.165, 1.54) is 18.2 Å². The number of benzene rings is 2. The second-order valence-electron chi connectivity index (χ2n) is 10.3. The first-order valence-corrected chi connectivity index (χ1v) is 14.2. The average Bonchev–Trinajstić information content (AvgIpc) is 2.70. The molecule has 0 heterocycles. The molecule has 4 aliphatic rings. The number of hydrogen-bond acceptors (Lipinski definition) is 4. The van der Waals surface area contributed by atoms with Gasteiger partial charge in [-0.3, -0.25) is 0 Å². The molecule has 0 aromatic heterocycles. The van der Waals surface area contributed by atoms with E-state index >= 15 is 4.39 Å². The van der Waals surface area contributed by atoms with Crippen LogP contribution in [0.1, 0.15) is 48.7 Å². The summed E-state index contributed by atoms with van der Waals surface area (Å²) in [5.74, 6) is -0.807. The Labute approximate surface area is 198 Å². The van der Waals surface area contributed by atoms with Crippen LogP contribution < -0.4 is 0 Å². The highest BCUT2D eigenvalue weighted by atomic mass is 32.3. The minimum absolute atomic E-state index is 0.0763. The molecule has 2 aromatic rings. The van der Waals surface area contributed by atoms with E-state index in [-0.39, 0.29) is 31.1 Å². The molecule has 3 unspecified atom stereocenters. The molecule has 6 rings (SSSR count). The van der Waals surface area contributed by atoms with Gasteiger partial charge in [0.05, 0.1) is 4.75 Å². The summed E-state index contributed by atoms with van der Waals surface area (Å²) in [4.78, 5) is 0. The predicted octanol–water partition coefficient (Wildman–Crippen LogP) is 5.88. The van der Waals surface area contributed by atoms with Gasteiger partial charge in [0, 0.05) is 6.42 Å². The van der Waals surface area contributed by atoms with E-state index in [9.17, 15) is 38.8 Å². The molecule has 0 radical (unpaired) electrons. The summed E-state index contributed by atoms with van der Waals surface area (Å²) in [6, 6.07) is 9.42. The first-order chi connectivity index (χ1) is 16.0. The Balaban J connectivity index is 1.74. The van der Waals surface area contributed by atoms with Crippen molar-refractivity contribution in [2.75, 3.05) is 0 Å². The smallest absolute Gasteiger partial charge is 0.244 e. The molecule has 2 aromatic carbocycles. The fraction of sp³-hybridized carbons (Fsp3) is 0.565. The fourth-order valence-electron chi connectivity index (χ4n) is 6.80. The number of halogens is 6. The summed E-state index contributed by atoms with van der Waals surface area (Å²) in [5.41, 5.74) is -2.63. The quantitative estimate of drug-likeness (QED) is 0.444. The van der Waals surface area contributed by atoms with Crippen molar-refractivity contribution in [3.63, 3.8) is 0 Å². The topological polar surface area (TPSA) is 68.3 Å². The molecular formula is C23H22F6O4S2. The van der Waals surface area contributed by atoms with Crippen LogP contribution in [0, 0.1) is 11.8 Å². The van der Waals surface area contributed by atoms with Crippen molar-refractivity contribution in [3.8, 4) is 0 Å². The van der Waals surface area contributed by atoms with Crippen LogP contribution in [-0.4, -0.2) is 38.7 Å². The van der Waals surface area contributed by atoms with E-state index in [2.05, 4.69) is 0 Å². The van der Waals surface area contributed by atoms with Crippen LogP contribution in [0.15, 0.2) is 42.5 Å². The molecule has 192 valence electrons. The largest absolute Gasteiger partial charge is 0.469 e. The highest BCUT2D eigenvalue weighted by Gasteiger charge is 2.73. The highest BCUT2D eigenvalue weighted by Crippen LogP contribution is 2.64. The third kappa shape index (κ3) is 3.53. The lowest BCUT2D eigenvalue weighted by molar-refractivity contribution is -0.241. The lowest BCUT2D eigenvalue weighted by Gasteiger charge is -2.58. The molecule has 0 N–H and O–H groups in total. The van der Waals surface area contributed by atoms with Gasteiger partial charge < -0.3 is 0 Å². The second-order valence-corrected chi connectivity index (χ2v) is 15.1. The molecule has 12 heteroatoms. The molecule has 35 heavy (non-hydrogen) atoms. The van der Waals surface area contributed by atoms with Gasteiger partial charge in [0.1, 0.15) is 5.67 Å². The fourth-order valence-corrected chi connectivity index (χ4v) is 12.6. The summed E-state index contributed by atoms with van der Waals surface area (Å²) in [7, 11) is -12.0. The Kier molecular flexibility index (Phi) is 5.23. The third-order valence-corrected chi connectivity index (χ3v) is 13.7. The average molecular weight is 541 g/mol. The van der Waals surface area contributed by atoms with Crippen LogP contribution in [0.5, 0.6) is 0 Å². The van der Waals surface area contributed by atoms with Crippen molar-refractivity contribution in [2.24, 2.45) is 11.8 Å².